The minimum atomic E-state index is -0.441. The summed E-state index contributed by atoms with van der Waals surface area (Å²) in [5, 5.41) is 8.78. The highest BCUT2D eigenvalue weighted by Crippen LogP contribution is 2.16. The number of ketones is 1. The Bertz CT molecular complexity index is 425. The van der Waals surface area contributed by atoms with Gasteiger partial charge in [0.2, 0.25) is 0 Å². The number of halogens is 2. The van der Waals surface area contributed by atoms with E-state index in [0.29, 0.717) is 12.0 Å². The summed E-state index contributed by atoms with van der Waals surface area (Å²) in [5.74, 6) is -0.451. The molecule has 0 saturated heterocycles. The second kappa shape index (κ2) is 5.04. The molecule has 0 fully saturated rings. The van der Waals surface area contributed by atoms with Gasteiger partial charge in [-0.3, -0.25) is 4.79 Å². The first-order valence-electron chi connectivity index (χ1n) is 4.37. The van der Waals surface area contributed by atoms with Gasteiger partial charge >= 0.3 is 0 Å². The maximum Gasteiger partial charge on any atom is 0.143 e. The molecule has 0 aliphatic carbocycles. The highest BCUT2D eigenvalue weighted by atomic mass is 79.9. The fourth-order valence-corrected chi connectivity index (χ4v) is 1.52. The van der Waals surface area contributed by atoms with Crippen LogP contribution in [0.2, 0.25) is 0 Å². The fraction of sp³-hybridized carbons (Fsp3) is 0.273. The van der Waals surface area contributed by atoms with E-state index in [1.54, 1.807) is 0 Å². The van der Waals surface area contributed by atoms with Gasteiger partial charge in [0, 0.05) is 0 Å². The van der Waals surface area contributed by atoms with E-state index < -0.39 is 5.82 Å². The molecule has 0 heterocycles. The molecular formula is C11H9BrFNO. The number of alkyl halides is 1. The average molecular weight is 270 g/mol. The molecule has 15 heavy (non-hydrogen) atoms. The molecule has 1 rings (SSSR count). The zero-order valence-electron chi connectivity index (χ0n) is 8.13. The van der Waals surface area contributed by atoms with Crippen molar-refractivity contribution in [1.82, 2.24) is 0 Å². The van der Waals surface area contributed by atoms with Crippen LogP contribution in [0.4, 0.5) is 4.39 Å². The summed E-state index contributed by atoms with van der Waals surface area (Å²) in [7, 11) is 0. The second-order valence-corrected chi connectivity index (χ2v) is 4.30. The Morgan fingerprint density at radius 1 is 1.67 bits per heavy atom. The number of Topliss-reactive ketones (excluding diaryl/α,β-unsaturated/α-hetero) is 1. The lowest BCUT2D eigenvalue weighted by Gasteiger charge is -2.07. The van der Waals surface area contributed by atoms with E-state index >= 15 is 0 Å². The van der Waals surface area contributed by atoms with Gasteiger partial charge in [0.05, 0.1) is 16.5 Å². The van der Waals surface area contributed by atoms with Gasteiger partial charge in [-0.15, -0.1) is 0 Å². The molecule has 0 radical (unpaired) electrons. The van der Waals surface area contributed by atoms with E-state index in [1.165, 1.54) is 25.1 Å². The molecule has 0 saturated carbocycles. The zero-order valence-corrected chi connectivity index (χ0v) is 9.71. The number of nitrogens with zero attached hydrogens (tertiary/aromatic N) is 1. The lowest BCUT2D eigenvalue weighted by molar-refractivity contribution is -0.116. The predicted octanol–water partition coefficient (Wildman–Crippen LogP) is 2.59. The summed E-state index contributed by atoms with van der Waals surface area (Å²) in [6, 6.07) is 5.90. The van der Waals surface area contributed by atoms with Crippen LogP contribution in [0.3, 0.4) is 0 Å². The van der Waals surface area contributed by atoms with Gasteiger partial charge in [0.1, 0.15) is 11.6 Å². The molecule has 1 aromatic rings. The van der Waals surface area contributed by atoms with Gasteiger partial charge in [-0.2, -0.15) is 5.26 Å². The monoisotopic (exact) mass is 269 g/mol. The normalized spacial score (nSPS) is 11.9. The van der Waals surface area contributed by atoms with E-state index in [4.69, 9.17) is 5.26 Å². The van der Waals surface area contributed by atoms with E-state index in [0.717, 1.165) is 0 Å². The third-order valence-corrected chi connectivity index (χ3v) is 3.00. The SMILES string of the molecule is CC(=O)C(Br)Cc1ccc(F)cc1C#N. The van der Waals surface area contributed by atoms with Gasteiger partial charge in [0.25, 0.3) is 0 Å². The lowest BCUT2D eigenvalue weighted by atomic mass is 10.0. The summed E-state index contributed by atoms with van der Waals surface area (Å²) in [6.45, 7) is 1.47. The maximum absolute atomic E-state index is 12.8. The molecule has 0 bridgehead atoms. The van der Waals surface area contributed by atoms with Crippen molar-refractivity contribution >= 4 is 21.7 Å². The van der Waals surface area contributed by atoms with Crippen LogP contribution >= 0.6 is 15.9 Å². The summed E-state index contributed by atoms with van der Waals surface area (Å²) >= 11 is 3.21. The summed E-state index contributed by atoms with van der Waals surface area (Å²) in [4.78, 5) is 10.7. The summed E-state index contributed by atoms with van der Waals surface area (Å²) in [5.41, 5.74) is 0.955. The minimum absolute atomic E-state index is 0.0109. The van der Waals surface area contributed by atoms with Crippen molar-refractivity contribution in [2.75, 3.05) is 0 Å². The molecule has 0 spiro atoms. The molecule has 1 aromatic carbocycles. The molecule has 78 valence electrons. The van der Waals surface area contributed by atoms with E-state index in [1.807, 2.05) is 6.07 Å². The largest absolute Gasteiger partial charge is 0.299 e. The van der Waals surface area contributed by atoms with Crippen molar-refractivity contribution < 1.29 is 9.18 Å². The molecule has 1 unspecified atom stereocenters. The Morgan fingerprint density at radius 3 is 2.87 bits per heavy atom. The van der Waals surface area contributed by atoms with Crippen LogP contribution in [-0.2, 0) is 11.2 Å². The first kappa shape index (κ1) is 11.9. The highest BCUT2D eigenvalue weighted by Gasteiger charge is 2.13. The molecule has 0 aromatic heterocycles. The van der Waals surface area contributed by atoms with E-state index in [-0.39, 0.29) is 16.2 Å². The molecule has 0 aliphatic rings. The van der Waals surface area contributed by atoms with Crippen molar-refractivity contribution in [1.29, 1.82) is 5.26 Å². The summed E-state index contributed by atoms with van der Waals surface area (Å²) < 4.78 is 12.8. The van der Waals surface area contributed by atoms with Crippen LogP contribution in [0.1, 0.15) is 18.1 Å². The Balaban J connectivity index is 2.96. The first-order valence-corrected chi connectivity index (χ1v) is 5.29. The molecule has 4 heteroatoms. The van der Waals surface area contributed by atoms with Crippen molar-refractivity contribution in [3.05, 3.63) is 35.1 Å². The van der Waals surface area contributed by atoms with Crippen molar-refractivity contribution in [3.63, 3.8) is 0 Å². The second-order valence-electron chi connectivity index (χ2n) is 3.20. The number of carbonyl (C=O) groups is 1. The van der Waals surface area contributed by atoms with Gasteiger partial charge < -0.3 is 0 Å². The standard InChI is InChI=1S/C11H9BrFNO/c1-7(15)11(12)5-8-2-3-10(13)4-9(8)6-14/h2-4,11H,5H2,1H3. The smallest absolute Gasteiger partial charge is 0.143 e. The molecule has 1 atom stereocenters. The van der Waals surface area contributed by atoms with E-state index in [9.17, 15) is 9.18 Å². The number of nitriles is 1. The third-order valence-electron chi connectivity index (χ3n) is 2.03. The summed E-state index contributed by atoms with van der Waals surface area (Å²) in [6.07, 6.45) is 0.401. The van der Waals surface area contributed by atoms with Crippen LogP contribution in [0, 0.1) is 17.1 Å². The Hall–Kier alpha value is -1.21. The predicted molar refractivity (Wildman–Crippen MR) is 58.2 cm³/mol. The van der Waals surface area contributed by atoms with Gasteiger partial charge in [-0.1, -0.05) is 22.0 Å². The number of carbonyl (C=O) groups excluding carboxylic acids is 1. The Kier molecular flexibility index (Phi) is 3.98. The fourth-order valence-electron chi connectivity index (χ4n) is 1.17. The Morgan fingerprint density at radius 2 is 2.33 bits per heavy atom. The lowest BCUT2D eigenvalue weighted by Crippen LogP contribution is -2.13. The molecule has 0 amide bonds. The van der Waals surface area contributed by atoms with Crippen molar-refractivity contribution in [2.24, 2.45) is 0 Å². The van der Waals surface area contributed by atoms with Crippen molar-refractivity contribution in [2.45, 2.75) is 18.2 Å². The Labute approximate surface area is 95.8 Å². The molecule has 0 aliphatic heterocycles. The highest BCUT2D eigenvalue weighted by molar-refractivity contribution is 9.10. The number of benzene rings is 1. The third kappa shape index (κ3) is 3.14. The quantitative estimate of drug-likeness (QED) is 0.792. The van der Waals surface area contributed by atoms with Crippen molar-refractivity contribution in [3.8, 4) is 6.07 Å². The zero-order chi connectivity index (χ0) is 11.4. The topological polar surface area (TPSA) is 40.9 Å². The number of hydrogen-bond donors (Lipinski definition) is 0. The van der Waals surface area contributed by atoms with Crippen LogP contribution in [0.15, 0.2) is 18.2 Å². The van der Waals surface area contributed by atoms with Crippen LogP contribution in [0.5, 0.6) is 0 Å². The van der Waals surface area contributed by atoms with Crippen LogP contribution < -0.4 is 0 Å². The number of hydrogen-bond acceptors (Lipinski definition) is 2. The first-order chi connectivity index (χ1) is 7.04. The average Bonchev–Trinajstić information content (AvgIpc) is 2.20. The van der Waals surface area contributed by atoms with E-state index in [2.05, 4.69) is 15.9 Å². The molecular weight excluding hydrogens is 261 g/mol. The van der Waals surface area contributed by atoms with Crippen LogP contribution in [0.25, 0.3) is 0 Å². The maximum atomic E-state index is 12.8. The number of rotatable bonds is 3. The molecule has 0 N–H and O–H groups in total. The molecule has 2 nitrogen and oxygen atoms in total. The van der Waals surface area contributed by atoms with Gasteiger partial charge in [-0.25, -0.2) is 4.39 Å². The van der Waals surface area contributed by atoms with Gasteiger partial charge in [-0.05, 0) is 31.0 Å². The van der Waals surface area contributed by atoms with Gasteiger partial charge in [0.15, 0.2) is 0 Å². The van der Waals surface area contributed by atoms with Crippen LogP contribution in [-0.4, -0.2) is 10.6 Å². The minimum Gasteiger partial charge on any atom is -0.299 e.